The van der Waals surface area contributed by atoms with Crippen LogP contribution in [-0.4, -0.2) is 0 Å². The minimum Gasteiger partial charge on any atom is -0.310 e. The van der Waals surface area contributed by atoms with E-state index in [4.69, 9.17) is 0 Å². The third kappa shape index (κ3) is 5.67. The molecule has 0 spiro atoms. The van der Waals surface area contributed by atoms with Gasteiger partial charge in [0.2, 0.25) is 0 Å². The molecule has 3 atom stereocenters. The molecule has 0 N–H and O–H groups in total. The van der Waals surface area contributed by atoms with E-state index in [0.717, 1.165) is 17.8 Å². The molecule has 0 aromatic heterocycles. The molecule has 4 aliphatic rings. The Bertz CT molecular complexity index is 2270. The van der Waals surface area contributed by atoms with Crippen molar-refractivity contribution in [2.75, 3.05) is 4.90 Å². The maximum absolute atomic E-state index is 2.52. The lowest BCUT2D eigenvalue weighted by molar-refractivity contribution is 0.420. The molecule has 0 amide bonds. The molecule has 0 saturated heterocycles. The van der Waals surface area contributed by atoms with E-state index in [-0.39, 0.29) is 5.41 Å². The fraction of sp³-hybridized carbons (Fsp3) is 0.308. The summed E-state index contributed by atoms with van der Waals surface area (Å²) in [7, 11) is 0. The highest BCUT2D eigenvalue weighted by atomic mass is 15.1. The minimum absolute atomic E-state index is 0.148. The van der Waals surface area contributed by atoms with E-state index < -0.39 is 0 Å². The van der Waals surface area contributed by atoms with E-state index in [1.807, 2.05) is 0 Å². The standard InChI is InChI=1S/C52H51N/c1-52(2)50-34-43(29-30-47(50)48-22-12-21-46(51(48)52)37-15-7-4-8-16-37)53(41-27-25-38(26-28-41)49-32-35-23-24-40(49)31-35)42-18-11-17-39(33-42)45-20-10-9-19-44(45)36-13-5-3-6-14-36/h4,7-12,15-22,25-30,33-36,40,49H,3,5-6,13-14,23-24,31-32H2,1-2H3. The van der Waals surface area contributed by atoms with Crippen molar-refractivity contribution in [3.05, 3.63) is 162 Å². The highest BCUT2D eigenvalue weighted by Gasteiger charge is 2.40. The lowest BCUT2D eigenvalue weighted by atomic mass is 9.78. The summed E-state index contributed by atoms with van der Waals surface area (Å²) >= 11 is 0. The molecule has 6 aromatic rings. The zero-order valence-corrected chi connectivity index (χ0v) is 31.4. The summed E-state index contributed by atoms with van der Waals surface area (Å²) in [5, 5.41) is 0. The summed E-state index contributed by atoms with van der Waals surface area (Å²) in [5.41, 5.74) is 17.5. The quantitative estimate of drug-likeness (QED) is 0.161. The van der Waals surface area contributed by atoms with Crippen molar-refractivity contribution in [1.82, 2.24) is 0 Å². The molecule has 10 rings (SSSR count). The van der Waals surface area contributed by atoms with Gasteiger partial charge in [-0.25, -0.2) is 0 Å². The van der Waals surface area contributed by atoms with Crippen molar-refractivity contribution >= 4 is 17.1 Å². The van der Waals surface area contributed by atoms with Gasteiger partial charge >= 0.3 is 0 Å². The maximum Gasteiger partial charge on any atom is 0.0467 e. The summed E-state index contributed by atoms with van der Waals surface area (Å²) in [5.74, 6) is 3.21. The third-order valence-corrected chi connectivity index (χ3v) is 13.7. The monoisotopic (exact) mass is 689 g/mol. The van der Waals surface area contributed by atoms with E-state index in [1.54, 1.807) is 0 Å². The van der Waals surface area contributed by atoms with Gasteiger partial charge in [0.25, 0.3) is 0 Å². The summed E-state index contributed by atoms with van der Waals surface area (Å²) in [6.45, 7) is 4.84. The molecule has 0 radical (unpaired) electrons. The number of benzene rings is 6. The SMILES string of the molecule is CC1(C)c2cc(N(c3ccc(C4CC5CCC4C5)cc3)c3cccc(-c4ccccc4C4CCCCC4)c3)ccc2-c2cccc(-c3ccccc3)c21. The third-order valence-electron chi connectivity index (χ3n) is 13.7. The first-order valence-electron chi connectivity index (χ1n) is 20.5. The molecule has 2 bridgehead atoms. The predicted octanol–water partition coefficient (Wildman–Crippen LogP) is 14.7. The van der Waals surface area contributed by atoms with Gasteiger partial charge in [-0.2, -0.15) is 0 Å². The summed E-state index contributed by atoms with van der Waals surface area (Å²) in [4.78, 5) is 2.52. The van der Waals surface area contributed by atoms with E-state index >= 15 is 0 Å². The lowest BCUT2D eigenvalue weighted by Crippen LogP contribution is -2.17. The van der Waals surface area contributed by atoms with Crippen LogP contribution in [0.25, 0.3) is 33.4 Å². The van der Waals surface area contributed by atoms with Crippen LogP contribution in [0.15, 0.2) is 140 Å². The Kier molecular flexibility index (Phi) is 8.16. The van der Waals surface area contributed by atoms with Crippen LogP contribution in [0, 0.1) is 11.8 Å². The summed E-state index contributed by atoms with van der Waals surface area (Å²) < 4.78 is 0. The molecule has 4 aliphatic carbocycles. The second-order valence-corrected chi connectivity index (χ2v) is 17.1. The van der Waals surface area contributed by atoms with Crippen LogP contribution < -0.4 is 4.90 Å². The number of nitrogens with zero attached hydrogens (tertiary/aromatic N) is 1. The van der Waals surface area contributed by atoms with E-state index in [9.17, 15) is 0 Å². The van der Waals surface area contributed by atoms with Gasteiger partial charge in [0.1, 0.15) is 0 Å². The molecule has 0 heterocycles. The second kappa shape index (κ2) is 13.2. The Morgan fingerprint density at radius 3 is 2.00 bits per heavy atom. The number of fused-ring (bicyclic) bond motifs is 5. The molecule has 1 heteroatoms. The molecule has 0 aliphatic heterocycles. The van der Waals surface area contributed by atoms with Gasteiger partial charge < -0.3 is 4.90 Å². The first-order valence-corrected chi connectivity index (χ1v) is 20.5. The van der Waals surface area contributed by atoms with Gasteiger partial charge in [-0.3, -0.25) is 0 Å². The highest BCUT2D eigenvalue weighted by molar-refractivity contribution is 5.90. The Hall–Kier alpha value is -4.88. The van der Waals surface area contributed by atoms with Gasteiger partial charge in [-0.05, 0) is 148 Å². The number of hydrogen-bond donors (Lipinski definition) is 0. The smallest absolute Gasteiger partial charge is 0.0467 e. The summed E-state index contributed by atoms with van der Waals surface area (Å²) in [6.07, 6.45) is 12.3. The van der Waals surface area contributed by atoms with Crippen molar-refractivity contribution in [3.63, 3.8) is 0 Å². The molecule has 3 saturated carbocycles. The molecular formula is C52H51N. The van der Waals surface area contributed by atoms with Crippen LogP contribution in [-0.2, 0) is 5.41 Å². The van der Waals surface area contributed by atoms with E-state index in [1.165, 1.54) is 130 Å². The Morgan fingerprint density at radius 2 is 1.21 bits per heavy atom. The normalized spacial score (nSPS) is 21.4. The van der Waals surface area contributed by atoms with Crippen molar-refractivity contribution in [2.45, 2.75) is 88.9 Å². The average Bonchev–Trinajstić information content (AvgIpc) is 3.92. The zero-order chi connectivity index (χ0) is 35.5. The van der Waals surface area contributed by atoms with Gasteiger partial charge in [0.15, 0.2) is 0 Å². The molecule has 6 aromatic carbocycles. The zero-order valence-electron chi connectivity index (χ0n) is 31.4. The molecule has 264 valence electrons. The van der Waals surface area contributed by atoms with Crippen LogP contribution in [0.4, 0.5) is 17.1 Å². The molecular weight excluding hydrogens is 639 g/mol. The Morgan fingerprint density at radius 1 is 0.509 bits per heavy atom. The van der Waals surface area contributed by atoms with E-state index in [2.05, 4.69) is 158 Å². The molecule has 3 fully saturated rings. The van der Waals surface area contributed by atoms with E-state index in [0.29, 0.717) is 5.92 Å². The van der Waals surface area contributed by atoms with Gasteiger partial charge in [-0.1, -0.05) is 143 Å². The first kappa shape index (κ1) is 32.7. The Balaban J connectivity index is 1.08. The fourth-order valence-corrected chi connectivity index (χ4v) is 11.2. The maximum atomic E-state index is 2.52. The fourth-order valence-electron chi connectivity index (χ4n) is 11.2. The second-order valence-electron chi connectivity index (χ2n) is 17.1. The van der Waals surface area contributed by atoms with Gasteiger partial charge in [-0.15, -0.1) is 0 Å². The van der Waals surface area contributed by atoms with Crippen LogP contribution >= 0.6 is 0 Å². The first-order chi connectivity index (χ1) is 26.0. The van der Waals surface area contributed by atoms with Crippen molar-refractivity contribution in [1.29, 1.82) is 0 Å². The van der Waals surface area contributed by atoms with Crippen molar-refractivity contribution < 1.29 is 0 Å². The van der Waals surface area contributed by atoms with Crippen molar-refractivity contribution in [2.24, 2.45) is 11.8 Å². The largest absolute Gasteiger partial charge is 0.310 e. The predicted molar refractivity (Wildman–Crippen MR) is 224 cm³/mol. The topological polar surface area (TPSA) is 3.24 Å². The van der Waals surface area contributed by atoms with Crippen LogP contribution in [0.1, 0.15) is 106 Å². The lowest BCUT2D eigenvalue weighted by Gasteiger charge is -2.30. The van der Waals surface area contributed by atoms with Crippen LogP contribution in [0.2, 0.25) is 0 Å². The number of anilines is 3. The molecule has 53 heavy (non-hydrogen) atoms. The average molecular weight is 690 g/mol. The van der Waals surface area contributed by atoms with Crippen LogP contribution in [0.5, 0.6) is 0 Å². The van der Waals surface area contributed by atoms with Gasteiger partial charge in [0, 0.05) is 22.5 Å². The molecule has 1 nitrogen and oxygen atoms in total. The van der Waals surface area contributed by atoms with Crippen molar-refractivity contribution in [3.8, 4) is 33.4 Å². The van der Waals surface area contributed by atoms with Gasteiger partial charge in [0.05, 0.1) is 0 Å². The Labute approximate surface area is 316 Å². The minimum atomic E-state index is -0.148. The summed E-state index contributed by atoms with van der Waals surface area (Å²) in [6, 6.07) is 53.4. The van der Waals surface area contributed by atoms with Crippen LogP contribution in [0.3, 0.4) is 0 Å². The highest BCUT2D eigenvalue weighted by Crippen LogP contribution is 2.55. The molecule has 3 unspecified atom stereocenters. The number of hydrogen-bond acceptors (Lipinski definition) is 1. The number of rotatable bonds is 7.